The van der Waals surface area contributed by atoms with Gasteiger partial charge in [-0.05, 0) is 45.3 Å². The molecular weight excluding hydrogens is 276 g/mol. The number of nitrogens with one attached hydrogen (secondary N) is 1. The first-order valence-electron chi connectivity index (χ1n) is 8.17. The van der Waals surface area contributed by atoms with Crippen molar-refractivity contribution >= 4 is 11.7 Å². The molecule has 1 unspecified atom stereocenters. The van der Waals surface area contributed by atoms with Crippen LogP contribution < -0.4 is 5.32 Å². The van der Waals surface area contributed by atoms with Crippen LogP contribution in [-0.2, 0) is 4.79 Å². The molecule has 2 rings (SSSR count). The van der Waals surface area contributed by atoms with Gasteiger partial charge in [0.15, 0.2) is 5.78 Å². The second-order valence-electron chi connectivity index (χ2n) is 6.13. The molecular formula is C18H26N2O2. The Kier molecular flexibility index (Phi) is 6.13. The molecule has 1 aromatic carbocycles. The molecule has 1 N–H and O–H groups in total. The molecule has 0 aromatic heterocycles. The van der Waals surface area contributed by atoms with E-state index in [-0.39, 0.29) is 24.5 Å². The Morgan fingerprint density at radius 2 is 1.86 bits per heavy atom. The van der Waals surface area contributed by atoms with Crippen LogP contribution in [0.3, 0.4) is 0 Å². The number of hydrogen-bond donors (Lipinski definition) is 1. The van der Waals surface area contributed by atoms with Gasteiger partial charge in [0.1, 0.15) is 0 Å². The summed E-state index contributed by atoms with van der Waals surface area (Å²) in [4.78, 5) is 26.4. The van der Waals surface area contributed by atoms with Gasteiger partial charge in [-0.3, -0.25) is 14.5 Å². The summed E-state index contributed by atoms with van der Waals surface area (Å²) in [6.07, 6.45) is 3.04. The molecule has 1 aromatic rings. The number of benzene rings is 1. The van der Waals surface area contributed by atoms with Gasteiger partial charge in [0.2, 0.25) is 5.91 Å². The highest BCUT2D eigenvalue weighted by molar-refractivity contribution is 5.99. The molecule has 120 valence electrons. The third-order valence-electron chi connectivity index (χ3n) is 4.38. The van der Waals surface area contributed by atoms with Crippen molar-refractivity contribution in [2.75, 3.05) is 19.6 Å². The molecule has 1 amide bonds. The largest absolute Gasteiger partial charge is 0.355 e. The highest BCUT2D eigenvalue weighted by atomic mass is 16.2. The first kappa shape index (κ1) is 16.7. The Balaban J connectivity index is 1.71. The van der Waals surface area contributed by atoms with Crippen molar-refractivity contribution < 1.29 is 9.59 Å². The van der Waals surface area contributed by atoms with Crippen LogP contribution in [0.1, 0.15) is 48.5 Å². The fourth-order valence-corrected chi connectivity index (χ4v) is 2.91. The summed E-state index contributed by atoms with van der Waals surface area (Å²) in [5.74, 6) is 0.00817. The van der Waals surface area contributed by atoms with Gasteiger partial charge in [-0.25, -0.2) is 0 Å². The van der Waals surface area contributed by atoms with Crippen molar-refractivity contribution in [3.63, 3.8) is 0 Å². The molecule has 22 heavy (non-hydrogen) atoms. The van der Waals surface area contributed by atoms with Crippen LogP contribution in [0, 0.1) is 6.92 Å². The van der Waals surface area contributed by atoms with Gasteiger partial charge in [-0.15, -0.1) is 0 Å². The summed E-state index contributed by atoms with van der Waals surface area (Å²) in [5.41, 5.74) is 1.69. The van der Waals surface area contributed by atoms with E-state index in [0.29, 0.717) is 12.6 Å². The van der Waals surface area contributed by atoms with E-state index in [0.717, 1.165) is 24.2 Å². The third-order valence-corrected chi connectivity index (χ3v) is 4.38. The molecule has 0 bridgehead atoms. The van der Waals surface area contributed by atoms with Gasteiger partial charge in [-0.1, -0.05) is 24.3 Å². The first-order chi connectivity index (χ1) is 10.6. The van der Waals surface area contributed by atoms with E-state index in [1.54, 1.807) is 0 Å². The lowest BCUT2D eigenvalue weighted by atomic mass is 10.0. The SMILES string of the molecule is Cc1ccccc1C(=O)CCC(=O)NCC(C)N1CCCC1. The molecule has 4 nitrogen and oxygen atoms in total. The number of nitrogens with zero attached hydrogens (tertiary/aromatic N) is 1. The molecule has 1 atom stereocenters. The minimum absolute atomic E-state index is 0.0343. The number of amides is 1. The molecule has 0 saturated carbocycles. The van der Waals surface area contributed by atoms with Crippen molar-refractivity contribution in [3.8, 4) is 0 Å². The average Bonchev–Trinajstić information content (AvgIpc) is 3.05. The zero-order valence-electron chi connectivity index (χ0n) is 13.6. The number of rotatable bonds is 7. The van der Waals surface area contributed by atoms with Crippen LogP contribution in [-0.4, -0.2) is 42.3 Å². The van der Waals surface area contributed by atoms with E-state index in [2.05, 4.69) is 17.1 Å². The molecule has 1 heterocycles. The van der Waals surface area contributed by atoms with Gasteiger partial charge in [0.25, 0.3) is 0 Å². The lowest BCUT2D eigenvalue weighted by molar-refractivity contribution is -0.121. The van der Waals surface area contributed by atoms with E-state index in [1.807, 2.05) is 31.2 Å². The predicted octanol–water partition coefficient (Wildman–Crippen LogP) is 2.56. The van der Waals surface area contributed by atoms with Gasteiger partial charge in [0, 0.05) is 31.0 Å². The summed E-state index contributed by atoms with van der Waals surface area (Å²) >= 11 is 0. The topological polar surface area (TPSA) is 49.4 Å². The van der Waals surface area contributed by atoms with Gasteiger partial charge < -0.3 is 5.32 Å². The number of carbonyl (C=O) groups excluding carboxylic acids is 2. The highest BCUT2D eigenvalue weighted by Gasteiger charge is 2.18. The summed E-state index contributed by atoms with van der Waals surface area (Å²) in [5, 5.41) is 2.95. The van der Waals surface area contributed by atoms with Crippen molar-refractivity contribution in [2.24, 2.45) is 0 Å². The third kappa shape index (κ3) is 4.67. The Morgan fingerprint density at radius 1 is 1.18 bits per heavy atom. The van der Waals surface area contributed by atoms with Crippen molar-refractivity contribution in [2.45, 2.75) is 45.6 Å². The minimum atomic E-state index is -0.0343. The predicted molar refractivity (Wildman–Crippen MR) is 88.0 cm³/mol. The quantitative estimate of drug-likeness (QED) is 0.788. The van der Waals surface area contributed by atoms with Crippen molar-refractivity contribution in [1.29, 1.82) is 0 Å². The Bertz CT molecular complexity index is 522. The molecule has 1 fully saturated rings. The molecule has 0 spiro atoms. The van der Waals surface area contributed by atoms with E-state index >= 15 is 0 Å². The zero-order chi connectivity index (χ0) is 15.9. The molecule has 0 radical (unpaired) electrons. The van der Waals surface area contributed by atoms with Crippen LogP contribution in [0.5, 0.6) is 0 Å². The van der Waals surface area contributed by atoms with E-state index < -0.39 is 0 Å². The lowest BCUT2D eigenvalue weighted by Crippen LogP contribution is -2.40. The lowest BCUT2D eigenvalue weighted by Gasteiger charge is -2.23. The van der Waals surface area contributed by atoms with Gasteiger partial charge in [-0.2, -0.15) is 0 Å². The number of Topliss-reactive ketones (excluding diaryl/α,β-unsaturated/α-hetero) is 1. The Labute approximate surface area is 132 Å². The maximum absolute atomic E-state index is 12.1. The van der Waals surface area contributed by atoms with E-state index in [4.69, 9.17) is 0 Å². The highest BCUT2D eigenvalue weighted by Crippen LogP contribution is 2.12. The maximum atomic E-state index is 12.1. The molecule has 0 aliphatic carbocycles. The van der Waals surface area contributed by atoms with Gasteiger partial charge in [0.05, 0.1) is 0 Å². The Morgan fingerprint density at radius 3 is 2.55 bits per heavy atom. The maximum Gasteiger partial charge on any atom is 0.220 e. The van der Waals surface area contributed by atoms with Crippen molar-refractivity contribution in [3.05, 3.63) is 35.4 Å². The molecule has 1 aliphatic heterocycles. The minimum Gasteiger partial charge on any atom is -0.355 e. The number of likely N-dealkylation sites (tertiary alicyclic amines) is 1. The summed E-state index contributed by atoms with van der Waals surface area (Å²) in [6, 6.07) is 7.89. The number of aryl methyl sites for hydroxylation is 1. The smallest absolute Gasteiger partial charge is 0.220 e. The normalized spacial score (nSPS) is 16.5. The van der Waals surface area contributed by atoms with Crippen LogP contribution in [0.25, 0.3) is 0 Å². The first-order valence-corrected chi connectivity index (χ1v) is 8.17. The number of ketones is 1. The fourth-order valence-electron chi connectivity index (χ4n) is 2.91. The van der Waals surface area contributed by atoms with Crippen LogP contribution >= 0.6 is 0 Å². The number of carbonyl (C=O) groups is 2. The summed E-state index contributed by atoms with van der Waals surface area (Å²) < 4.78 is 0. The zero-order valence-corrected chi connectivity index (χ0v) is 13.6. The van der Waals surface area contributed by atoms with Crippen LogP contribution in [0.15, 0.2) is 24.3 Å². The summed E-state index contributed by atoms with van der Waals surface area (Å²) in [7, 11) is 0. The number of hydrogen-bond acceptors (Lipinski definition) is 3. The molecule has 1 aliphatic rings. The van der Waals surface area contributed by atoms with Gasteiger partial charge >= 0.3 is 0 Å². The van der Waals surface area contributed by atoms with E-state index in [1.165, 1.54) is 12.8 Å². The van der Waals surface area contributed by atoms with Crippen LogP contribution in [0.2, 0.25) is 0 Å². The standard InChI is InChI=1S/C18H26N2O2/c1-14-7-3-4-8-16(14)17(21)9-10-18(22)19-13-15(2)20-11-5-6-12-20/h3-4,7-8,15H,5-6,9-13H2,1-2H3,(H,19,22). The van der Waals surface area contributed by atoms with E-state index in [9.17, 15) is 9.59 Å². The average molecular weight is 302 g/mol. The Hall–Kier alpha value is -1.68. The fraction of sp³-hybridized carbons (Fsp3) is 0.556. The molecule has 4 heteroatoms. The van der Waals surface area contributed by atoms with Crippen LogP contribution in [0.4, 0.5) is 0 Å². The second-order valence-corrected chi connectivity index (χ2v) is 6.13. The monoisotopic (exact) mass is 302 g/mol. The second kappa shape index (κ2) is 8.08. The van der Waals surface area contributed by atoms with Crippen molar-refractivity contribution in [1.82, 2.24) is 10.2 Å². The summed E-state index contributed by atoms with van der Waals surface area (Å²) in [6.45, 7) is 6.98. The molecule has 1 saturated heterocycles.